The highest BCUT2D eigenvalue weighted by atomic mass is 19.1. The van der Waals surface area contributed by atoms with Gasteiger partial charge in [-0.1, -0.05) is 54.6 Å². The molecule has 0 spiro atoms. The summed E-state index contributed by atoms with van der Waals surface area (Å²) in [4.78, 5) is 28.9. The lowest BCUT2D eigenvalue weighted by molar-refractivity contribution is -0.147. The molecule has 1 atom stereocenters. The molecule has 0 radical (unpaired) electrons. The van der Waals surface area contributed by atoms with Crippen molar-refractivity contribution in [3.8, 4) is 22.8 Å². The van der Waals surface area contributed by atoms with Crippen molar-refractivity contribution in [3.63, 3.8) is 0 Å². The molecule has 0 aliphatic rings. The fraction of sp³-hybridized carbons (Fsp3) is 0.167. The average molecular weight is 516 g/mol. The van der Waals surface area contributed by atoms with Crippen molar-refractivity contribution in [2.75, 3.05) is 7.11 Å². The largest absolute Gasteiger partial charge is 0.481 e. The molecule has 4 aromatic rings. The van der Waals surface area contributed by atoms with Gasteiger partial charge in [-0.15, -0.1) is 0 Å². The second-order valence-electron chi connectivity index (χ2n) is 8.56. The summed E-state index contributed by atoms with van der Waals surface area (Å²) in [6, 6.07) is 21.9. The van der Waals surface area contributed by atoms with Gasteiger partial charge in [-0.3, -0.25) is 4.79 Å². The number of ether oxygens (including phenoxy) is 3. The first kappa shape index (κ1) is 26.5. The third-order valence-corrected chi connectivity index (χ3v) is 5.85. The first-order valence-corrected chi connectivity index (χ1v) is 11.8. The monoisotopic (exact) mass is 515 g/mol. The molecule has 0 unspecified atom stereocenters. The predicted molar refractivity (Wildman–Crippen MR) is 138 cm³/mol. The van der Waals surface area contributed by atoms with Crippen LogP contribution < -0.4 is 9.47 Å². The van der Waals surface area contributed by atoms with Gasteiger partial charge in [0, 0.05) is 11.6 Å². The van der Waals surface area contributed by atoms with E-state index in [0.29, 0.717) is 27.8 Å². The summed E-state index contributed by atoms with van der Waals surface area (Å²) >= 11 is 0. The number of nitrogens with zero attached hydrogens (tertiary/aromatic N) is 1. The summed E-state index contributed by atoms with van der Waals surface area (Å²) in [5, 5.41) is 10.5. The summed E-state index contributed by atoms with van der Waals surface area (Å²) in [6.07, 6.45) is -0.304. The molecule has 38 heavy (non-hydrogen) atoms. The Morgan fingerprint density at radius 2 is 1.79 bits per heavy atom. The molecule has 0 aliphatic carbocycles. The number of methoxy groups -OCH3 is 1. The van der Waals surface area contributed by atoms with E-state index in [0.717, 1.165) is 11.8 Å². The van der Waals surface area contributed by atoms with Crippen LogP contribution in [0.4, 0.5) is 4.39 Å². The van der Waals surface area contributed by atoms with Crippen LogP contribution in [0.3, 0.4) is 0 Å². The Labute approximate surface area is 219 Å². The number of carbonyl (C=O) groups excluding carboxylic acids is 2. The van der Waals surface area contributed by atoms with Crippen LogP contribution in [0.1, 0.15) is 39.6 Å². The molecule has 0 saturated heterocycles. The molecule has 7 nitrogen and oxygen atoms in total. The van der Waals surface area contributed by atoms with Crippen molar-refractivity contribution in [3.05, 3.63) is 113 Å². The Morgan fingerprint density at radius 3 is 2.53 bits per heavy atom. The third-order valence-electron chi connectivity index (χ3n) is 5.85. The number of aliphatic hydroxyl groups is 1. The third kappa shape index (κ3) is 6.60. The summed E-state index contributed by atoms with van der Waals surface area (Å²) in [5.74, 6) is -1.20. The topological polar surface area (TPSA) is 95.0 Å². The highest BCUT2D eigenvalue weighted by Gasteiger charge is 2.18. The quantitative estimate of drug-likeness (QED) is 0.229. The maximum Gasteiger partial charge on any atom is 0.343 e. The molecule has 0 aliphatic heterocycles. The standard InChI is InChI=1S/C30H26FNO6/c1-19-13-21(25-15-28(36-2)32-17-26(25)31)11-12-24(19)30(35)38-23-10-6-9-22(14-23)27(33)16-29(34)37-18-20-7-4-3-5-8-20/h3-15,17,27,33H,16,18H2,1-2H3/t27-/m1/s1. The number of aliphatic hydroxyl groups excluding tert-OH is 1. The first-order chi connectivity index (χ1) is 18.3. The minimum absolute atomic E-state index is 0.115. The minimum Gasteiger partial charge on any atom is -0.481 e. The molecule has 1 aromatic heterocycles. The second-order valence-corrected chi connectivity index (χ2v) is 8.56. The zero-order chi connectivity index (χ0) is 27.1. The van der Waals surface area contributed by atoms with Gasteiger partial charge >= 0.3 is 11.9 Å². The molecular formula is C30H26FNO6. The van der Waals surface area contributed by atoms with E-state index in [-0.39, 0.29) is 24.7 Å². The summed E-state index contributed by atoms with van der Waals surface area (Å²) in [6.45, 7) is 1.83. The van der Waals surface area contributed by atoms with Crippen LogP contribution in [0.2, 0.25) is 0 Å². The molecule has 0 fully saturated rings. The van der Waals surface area contributed by atoms with Crippen molar-refractivity contribution in [2.24, 2.45) is 0 Å². The number of esters is 2. The molecule has 8 heteroatoms. The lowest BCUT2D eigenvalue weighted by Crippen LogP contribution is -2.12. The Morgan fingerprint density at radius 1 is 1.00 bits per heavy atom. The van der Waals surface area contributed by atoms with E-state index >= 15 is 0 Å². The summed E-state index contributed by atoms with van der Waals surface area (Å²) < 4.78 is 30.1. The molecule has 4 rings (SSSR count). The van der Waals surface area contributed by atoms with E-state index in [1.807, 2.05) is 30.3 Å². The lowest BCUT2D eigenvalue weighted by atomic mass is 10.00. The Hall–Kier alpha value is -4.56. The number of hydrogen-bond acceptors (Lipinski definition) is 7. The van der Waals surface area contributed by atoms with Crippen molar-refractivity contribution < 1.29 is 33.3 Å². The fourth-order valence-corrected chi connectivity index (χ4v) is 3.83. The molecule has 3 aromatic carbocycles. The van der Waals surface area contributed by atoms with Gasteiger partial charge in [0.25, 0.3) is 0 Å². The van der Waals surface area contributed by atoms with Gasteiger partial charge in [0.2, 0.25) is 5.88 Å². The number of carbonyl (C=O) groups is 2. The predicted octanol–water partition coefficient (Wildman–Crippen LogP) is 5.59. The summed E-state index contributed by atoms with van der Waals surface area (Å²) in [5.41, 5.74) is 2.98. The Kier molecular flexibility index (Phi) is 8.45. The number of hydrogen-bond donors (Lipinski definition) is 1. The van der Waals surface area contributed by atoms with Gasteiger partial charge in [0.05, 0.1) is 31.4 Å². The fourth-order valence-electron chi connectivity index (χ4n) is 3.83. The van der Waals surface area contributed by atoms with E-state index in [2.05, 4.69) is 4.98 Å². The van der Waals surface area contributed by atoms with E-state index in [1.54, 1.807) is 43.3 Å². The van der Waals surface area contributed by atoms with Crippen molar-refractivity contribution >= 4 is 11.9 Å². The van der Waals surface area contributed by atoms with Crippen molar-refractivity contribution in [1.82, 2.24) is 4.98 Å². The van der Waals surface area contributed by atoms with E-state index < -0.39 is 23.9 Å². The van der Waals surface area contributed by atoms with Crippen LogP contribution >= 0.6 is 0 Å². The van der Waals surface area contributed by atoms with Crippen LogP contribution in [0, 0.1) is 12.7 Å². The zero-order valence-corrected chi connectivity index (χ0v) is 20.9. The van der Waals surface area contributed by atoms with Crippen LogP contribution in [0.5, 0.6) is 11.6 Å². The van der Waals surface area contributed by atoms with Gasteiger partial charge in [0.15, 0.2) is 0 Å². The van der Waals surface area contributed by atoms with Gasteiger partial charge in [0.1, 0.15) is 18.2 Å². The van der Waals surface area contributed by atoms with E-state index in [1.165, 1.54) is 19.2 Å². The van der Waals surface area contributed by atoms with Gasteiger partial charge in [-0.25, -0.2) is 14.2 Å². The maximum atomic E-state index is 14.3. The average Bonchev–Trinajstić information content (AvgIpc) is 2.92. The molecule has 1 N–H and O–H groups in total. The number of aromatic nitrogens is 1. The van der Waals surface area contributed by atoms with Gasteiger partial charge in [-0.05, 0) is 47.4 Å². The van der Waals surface area contributed by atoms with E-state index in [4.69, 9.17) is 14.2 Å². The van der Waals surface area contributed by atoms with Gasteiger partial charge < -0.3 is 19.3 Å². The van der Waals surface area contributed by atoms with E-state index in [9.17, 15) is 19.1 Å². The molecule has 0 saturated carbocycles. The molecule has 194 valence electrons. The number of aryl methyl sites for hydroxylation is 1. The summed E-state index contributed by atoms with van der Waals surface area (Å²) in [7, 11) is 1.44. The maximum absolute atomic E-state index is 14.3. The van der Waals surface area contributed by atoms with Crippen molar-refractivity contribution in [2.45, 2.75) is 26.1 Å². The molecular weight excluding hydrogens is 489 g/mol. The van der Waals surface area contributed by atoms with Crippen LogP contribution in [0.25, 0.3) is 11.1 Å². The second kappa shape index (κ2) is 12.1. The van der Waals surface area contributed by atoms with Crippen LogP contribution in [-0.4, -0.2) is 29.1 Å². The zero-order valence-electron chi connectivity index (χ0n) is 20.9. The van der Waals surface area contributed by atoms with Crippen LogP contribution in [-0.2, 0) is 16.1 Å². The normalized spacial score (nSPS) is 11.5. The number of pyridine rings is 1. The number of benzene rings is 3. The highest BCUT2D eigenvalue weighted by molar-refractivity contribution is 5.93. The smallest absolute Gasteiger partial charge is 0.343 e. The number of rotatable bonds is 9. The first-order valence-electron chi connectivity index (χ1n) is 11.8. The minimum atomic E-state index is -1.13. The van der Waals surface area contributed by atoms with Gasteiger partial charge in [-0.2, -0.15) is 0 Å². The number of halogens is 1. The Balaban J connectivity index is 1.40. The molecule has 1 heterocycles. The molecule has 0 bridgehead atoms. The Bertz CT molecular complexity index is 1440. The van der Waals surface area contributed by atoms with Crippen LogP contribution in [0.15, 0.2) is 85.1 Å². The SMILES string of the molecule is COc1cc(-c2ccc(C(=O)Oc3cccc([C@H](O)CC(=O)OCc4ccccc4)c3)c(C)c2)c(F)cn1. The molecule has 0 amide bonds. The lowest BCUT2D eigenvalue weighted by Gasteiger charge is -2.13. The van der Waals surface area contributed by atoms with Crippen molar-refractivity contribution in [1.29, 1.82) is 0 Å². The highest BCUT2D eigenvalue weighted by Crippen LogP contribution is 2.28.